The van der Waals surface area contributed by atoms with Crippen LogP contribution in [-0.4, -0.2) is 30.8 Å². The van der Waals surface area contributed by atoms with Crippen molar-refractivity contribution < 1.29 is 9.90 Å². The normalized spacial score (nSPS) is 12.5. The summed E-state index contributed by atoms with van der Waals surface area (Å²) in [5.41, 5.74) is 2.25. The van der Waals surface area contributed by atoms with Gasteiger partial charge in [-0.1, -0.05) is 6.92 Å². The Bertz CT molecular complexity index is 827. The maximum Gasteiger partial charge on any atom is 0.336 e. The lowest BCUT2D eigenvalue weighted by molar-refractivity contribution is 0.0699. The van der Waals surface area contributed by atoms with E-state index in [1.165, 1.54) is 0 Å². The van der Waals surface area contributed by atoms with Crippen LogP contribution in [0.25, 0.3) is 22.3 Å². The van der Waals surface area contributed by atoms with Gasteiger partial charge in [-0.15, -0.1) is 0 Å². The summed E-state index contributed by atoms with van der Waals surface area (Å²) in [6.07, 6.45) is 5.79. The van der Waals surface area contributed by atoms with E-state index in [1.807, 2.05) is 19.1 Å². The van der Waals surface area contributed by atoms with Crippen LogP contribution in [-0.2, 0) is 0 Å². The van der Waals surface area contributed by atoms with E-state index in [1.54, 1.807) is 29.3 Å². The Labute approximate surface area is 127 Å². The summed E-state index contributed by atoms with van der Waals surface area (Å²) in [6, 6.07) is 5.36. The summed E-state index contributed by atoms with van der Waals surface area (Å²) in [6.45, 7) is 4.09. The van der Waals surface area contributed by atoms with Gasteiger partial charge in [0.05, 0.1) is 28.9 Å². The number of carboxylic acid groups (broad SMARTS) is 1. The molecule has 1 unspecified atom stereocenters. The lowest BCUT2D eigenvalue weighted by Gasteiger charge is -2.11. The van der Waals surface area contributed by atoms with Gasteiger partial charge in [-0.2, -0.15) is 5.10 Å². The number of hydrogen-bond acceptors (Lipinski definition) is 4. The minimum Gasteiger partial charge on any atom is -0.478 e. The SMILES string of the molecule is CCC(C)n1ncc2c(C(=O)O)cc(-c3ccncc3)nc21. The number of carboxylic acids is 1. The van der Waals surface area contributed by atoms with Gasteiger partial charge in [0.1, 0.15) is 0 Å². The smallest absolute Gasteiger partial charge is 0.336 e. The van der Waals surface area contributed by atoms with Gasteiger partial charge in [-0.3, -0.25) is 4.98 Å². The van der Waals surface area contributed by atoms with E-state index < -0.39 is 5.97 Å². The molecule has 0 fully saturated rings. The third-order valence-corrected chi connectivity index (χ3v) is 3.78. The molecule has 6 heteroatoms. The van der Waals surface area contributed by atoms with E-state index in [0.29, 0.717) is 16.7 Å². The molecule has 3 heterocycles. The number of aromatic nitrogens is 4. The summed E-state index contributed by atoms with van der Waals surface area (Å²) in [7, 11) is 0. The van der Waals surface area contributed by atoms with Crippen LogP contribution in [0.2, 0.25) is 0 Å². The molecule has 0 aliphatic rings. The minimum atomic E-state index is -0.980. The lowest BCUT2D eigenvalue weighted by Crippen LogP contribution is -2.07. The maximum absolute atomic E-state index is 11.6. The molecule has 0 amide bonds. The van der Waals surface area contributed by atoms with Gasteiger partial charge in [0.15, 0.2) is 5.65 Å². The van der Waals surface area contributed by atoms with Crippen molar-refractivity contribution in [2.75, 3.05) is 0 Å². The highest BCUT2D eigenvalue weighted by Crippen LogP contribution is 2.26. The van der Waals surface area contributed by atoms with Gasteiger partial charge in [-0.05, 0) is 31.5 Å². The van der Waals surface area contributed by atoms with Crippen LogP contribution in [0.4, 0.5) is 0 Å². The fraction of sp³-hybridized carbons (Fsp3) is 0.250. The Morgan fingerprint density at radius 1 is 1.36 bits per heavy atom. The number of fused-ring (bicyclic) bond motifs is 1. The van der Waals surface area contributed by atoms with Crippen molar-refractivity contribution in [1.82, 2.24) is 19.7 Å². The first-order valence-corrected chi connectivity index (χ1v) is 7.13. The van der Waals surface area contributed by atoms with Gasteiger partial charge >= 0.3 is 5.97 Å². The lowest BCUT2D eigenvalue weighted by atomic mass is 10.1. The Morgan fingerprint density at radius 3 is 2.73 bits per heavy atom. The first kappa shape index (κ1) is 14.2. The summed E-state index contributed by atoms with van der Waals surface area (Å²) >= 11 is 0. The molecule has 0 saturated heterocycles. The van der Waals surface area contributed by atoms with Crippen LogP contribution in [0, 0.1) is 0 Å². The highest BCUT2D eigenvalue weighted by Gasteiger charge is 2.18. The number of hydrogen-bond donors (Lipinski definition) is 1. The Kier molecular flexibility index (Phi) is 3.58. The standard InChI is InChI=1S/C16H16N4O2/c1-3-10(2)20-15-13(9-18-20)12(16(21)22)8-14(19-15)11-4-6-17-7-5-11/h4-10H,3H2,1-2H3,(H,21,22). The third kappa shape index (κ3) is 2.32. The zero-order valence-electron chi connectivity index (χ0n) is 12.4. The average molecular weight is 296 g/mol. The molecule has 0 aliphatic carbocycles. The maximum atomic E-state index is 11.6. The zero-order valence-corrected chi connectivity index (χ0v) is 12.4. The molecule has 6 nitrogen and oxygen atoms in total. The summed E-state index contributed by atoms with van der Waals surface area (Å²) in [5, 5.41) is 14.4. The molecule has 0 radical (unpaired) electrons. The number of pyridine rings is 2. The molecule has 0 aliphatic heterocycles. The number of aromatic carboxylic acids is 1. The molecular weight excluding hydrogens is 280 g/mol. The molecule has 0 aromatic carbocycles. The first-order valence-electron chi connectivity index (χ1n) is 7.13. The van der Waals surface area contributed by atoms with Crippen LogP contribution in [0.3, 0.4) is 0 Å². The van der Waals surface area contributed by atoms with Crippen molar-refractivity contribution in [2.24, 2.45) is 0 Å². The second-order valence-electron chi connectivity index (χ2n) is 5.18. The molecule has 3 rings (SSSR count). The highest BCUT2D eigenvalue weighted by atomic mass is 16.4. The van der Waals surface area contributed by atoms with Crippen molar-refractivity contribution in [2.45, 2.75) is 26.3 Å². The molecule has 3 aromatic rings. The van der Waals surface area contributed by atoms with Crippen molar-refractivity contribution in [3.05, 3.63) is 42.4 Å². The molecule has 22 heavy (non-hydrogen) atoms. The number of rotatable bonds is 4. The molecule has 0 bridgehead atoms. The third-order valence-electron chi connectivity index (χ3n) is 3.78. The van der Waals surface area contributed by atoms with Crippen LogP contribution in [0.1, 0.15) is 36.7 Å². The largest absolute Gasteiger partial charge is 0.478 e. The summed E-state index contributed by atoms with van der Waals surface area (Å²) in [5.74, 6) is -0.980. The van der Waals surface area contributed by atoms with Gasteiger partial charge in [0.2, 0.25) is 0 Å². The molecule has 3 aromatic heterocycles. The quantitative estimate of drug-likeness (QED) is 0.799. The Morgan fingerprint density at radius 2 is 2.09 bits per heavy atom. The van der Waals surface area contributed by atoms with Crippen LogP contribution >= 0.6 is 0 Å². The molecule has 0 spiro atoms. The van der Waals surface area contributed by atoms with E-state index in [9.17, 15) is 9.90 Å². The van der Waals surface area contributed by atoms with E-state index in [4.69, 9.17) is 0 Å². The minimum absolute atomic E-state index is 0.152. The van der Waals surface area contributed by atoms with Gasteiger partial charge < -0.3 is 5.11 Å². The van der Waals surface area contributed by atoms with Crippen LogP contribution in [0.5, 0.6) is 0 Å². The average Bonchev–Trinajstić information content (AvgIpc) is 2.97. The second kappa shape index (κ2) is 5.55. The molecule has 1 atom stereocenters. The predicted octanol–water partition coefficient (Wildman–Crippen LogP) is 3.16. The molecular formula is C16H16N4O2. The van der Waals surface area contributed by atoms with Crippen LogP contribution in [0.15, 0.2) is 36.8 Å². The topological polar surface area (TPSA) is 80.9 Å². The van der Waals surface area contributed by atoms with Crippen molar-refractivity contribution in [3.63, 3.8) is 0 Å². The fourth-order valence-electron chi connectivity index (χ4n) is 2.36. The van der Waals surface area contributed by atoms with Crippen LogP contribution < -0.4 is 0 Å². The monoisotopic (exact) mass is 296 g/mol. The van der Waals surface area contributed by atoms with E-state index in [0.717, 1.165) is 12.0 Å². The number of nitrogens with zero attached hydrogens (tertiary/aromatic N) is 4. The fourth-order valence-corrected chi connectivity index (χ4v) is 2.36. The number of carbonyl (C=O) groups is 1. The second-order valence-corrected chi connectivity index (χ2v) is 5.18. The highest BCUT2D eigenvalue weighted by molar-refractivity contribution is 6.02. The van der Waals surface area contributed by atoms with Crippen molar-refractivity contribution in [1.29, 1.82) is 0 Å². The first-order chi connectivity index (χ1) is 10.6. The van der Waals surface area contributed by atoms with Crippen molar-refractivity contribution in [3.8, 4) is 11.3 Å². The molecule has 0 saturated carbocycles. The zero-order chi connectivity index (χ0) is 15.7. The van der Waals surface area contributed by atoms with Crippen molar-refractivity contribution >= 4 is 17.0 Å². The van der Waals surface area contributed by atoms with Gasteiger partial charge in [-0.25, -0.2) is 14.5 Å². The molecule has 1 N–H and O–H groups in total. The van der Waals surface area contributed by atoms with Gasteiger partial charge in [0.25, 0.3) is 0 Å². The van der Waals surface area contributed by atoms with Gasteiger partial charge in [0, 0.05) is 18.0 Å². The Balaban J connectivity index is 2.29. The predicted molar refractivity (Wildman–Crippen MR) is 82.7 cm³/mol. The Hall–Kier alpha value is -2.76. The molecule has 112 valence electrons. The summed E-state index contributed by atoms with van der Waals surface area (Å²) < 4.78 is 1.78. The van der Waals surface area contributed by atoms with E-state index in [-0.39, 0.29) is 11.6 Å². The summed E-state index contributed by atoms with van der Waals surface area (Å²) in [4.78, 5) is 20.2. The van der Waals surface area contributed by atoms with E-state index >= 15 is 0 Å². The van der Waals surface area contributed by atoms with E-state index in [2.05, 4.69) is 22.0 Å².